The van der Waals surface area contributed by atoms with Gasteiger partial charge < -0.3 is 4.74 Å². The van der Waals surface area contributed by atoms with E-state index >= 15 is 0 Å². The van der Waals surface area contributed by atoms with Gasteiger partial charge in [-0.15, -0.1) is 0 Å². The number of aromatic nitrogens is 1. The molecule has 118 valence electrons. The van der Waals surface area contributed by atoms with Crippen molar-refractivity contribution in [2.75, 3.05) is 6.61 Å². The van der Waals surface area contributed by atoms with Crippen LogP contribution < -0.4 is 4.74 Å². The zero-order valence-corrected chi connectivity index (χ0v) is 13.8. The highest BCUT2D eigenvalue weighted by Gasteiger charge is 2.23. The molecule has 0 fully saturated rings. The van der Waals surface area contributed by atoms with Gasteiger partial charge >= 0.3 is 0 Å². The topological polar surface area (TPSA) is 39.2 Å². The molecule has 0 aliphatic carbocycles. The quantitative estimate of drug-likeness (QED) is 0.471. The highest BCUT2D eigenvalue weighted by molar-refractivity contribution is 6.31. The minimum absolute atomic E-state index is 0.0239. The van der Waals surface area contributed by atoms with Gasteiger partial charge in [0.2, 0.25) is 0 Å². The van der Waals surface area contributed by atoms with Crippen LogP contribution >= 0.6 is 11.6 Å². The number of rotatable bonds is 1. The first kappa shape index (κ1) is 14.9. The second-order valence-electron chi connectivity index (χ2n) is 5.85. The van der Waals surface area contributed by atoms with Gasteiger partial charge in [0.25, 0.3) is 0 Å². The minimum atomic E-state index is -0.0239. The van der Waals surface area contributed by atoms with Crippen molar-refractivity contribution in [3.05, 3.63) is 75.9 Å². The molecule has 0 spiro atoms. The van der Waals surface area contributed by atoms with Crippen LogP contribution in [0.2, 0.25) is 5.15 Å². The number of hydrogen-bond acceptors (Lipinski definition) is 3. The van der Waals surface area contributed by atoms with Crippen LogP contribution in [0.5, 0.6) is 5.75 Å². The van der Waals surface area contributed by atoms with Crippen LogP contribution in [0.25, 0.3) is 17.0 Å². The Kier molecular flexibility index (Phi) is 3.58. The monoisotopic (exact) mass is 335 g/mol. The number of ether oxygens (including phenoxy) is 1. The summed E-state index contributed by atoms with van der Waals surface area (Å²) in [6, 6.07) is 15.3. The van der Waals surface area contributed by atoms with Gasteiger partial charge in [-0.25, -0.2) is 4.98 Å². The molecule has 0 radical (unpaired) electrons. The third-order valence-electron chi connectivity index (χ3n) is 4.09. The molecule has 1 aliphatic rings. The molecule has 0 bridgehead atoms. The van der Waals surface area contributed by atoms with E-state index < -0.39 is 0 Å². The van der Waals surface area contributed by atoms with Crippen LogP contribution in [-0.2, 0) is 0 Å². The Hall–Kier alpha value is -2.65. The molecule has 1 aliphatic heterocycles. The first-order valence-corrected chi connectivity index (χ1v) is 8.03. The maximum absolute atomic E-state index is 12.7. The van der Waals surface area contributed by atoms with Crippen molar-refractivity contribution >= 4 is 34.4 Å². The number of fused-ring (bicyclic) bond motifs is 2. The summed E-state index contributed by atoms with van der Waals surface area (Å²) in [4.78, 5) is 17.1. The van der Waals surface area contributed by atoms with Crippen molar-refractivity contribution in [1.82, 2.24) is 4.98 Å². The third kappa shape index (κ3) is 2.57. The Bertz CT molecular complexity index is 1010. The van der Waals surface area contributed by atoms with Crippen molar-refractivity contribution in [3.63, 3.8) is 0 Å². The number of Topliss-reactive ketones (excluding diaryl/α,β-unsaturated/α-hetero) is 1. The number of nitrogens with zero attached hydrogens (tertiary/aromatic N) is 1. The normalized spacial score (nSPS) is 15.4. The molecule has 0 N–H and O–H groups in total. The summed E-state index contributed by atoms with van der Waals surface area (Å²) < 4.78 is 5.71. The number of aryl methyl sites for hydroxylation is 1. The van der Waals surface area contributed by atoms with Crippen molar-refractivity contribution in [1.29, 1.82) is 0 Å². The van der Waals surface area contributed by atoms with Crippen LogP contribution in [0.3, 0.4) is 0 Å². The zero-order valence-electron chi connectivity index (χ0n) is 13.0. The number of hydrogen-bond donors (Lipinski definition) is 0. The molecule has 0 saturated heterocycles. The molecular formula is C20H14ClNO2. The Labute approximate surface area is 144 Å². The fraction of sp³-hybridized carbons (Fsp3) is 0.100. The van der Waals surface area contributed by atoms with E-state index in [4.69, 9.17) is 16.3 Å². The lowest BCUT2D eigenvalue weighted by Crippen LogP contribution is -2.19. The number of carbonyl (C=O) groups excluding carboxylic acids is 1. The molecule has 4 heteroatoms. The van der Waals surface area contributed by atoms with Crippen molar-refractivity contribution in [2.45, 2.75) is 6.92 Å². The number of ketones is 1. The van der Waals surface area contributed by atoms with Gasteiger partial charge in [-0.05, 0) is 37.3 Å². The first-order valence-electron chi connectivity index (χ1n) is 7.66. The molecule has 0 unspecified atom stereocenters. The molecule has 2 heterocycles. The predicted octanol–water partition coefficient (Wildman–Crippen LogP) is 4.86. The summed E-state index contributed by atoms with van der Waals surface area (Å²) in [5.41, 5.74) is 3.75. The Morgan fingerprint density at radius 1 is 1.17 bits per heavy atom. The number of benzene rings is 2. The number of carbonyl (C=O) groups is 1. The van der Waals surface area contributed by atoms with E-state index in [1.54, 1.807) is 6.08 Å². The lowest BCUT2D eigenvalue weighted by molar-refractivity contribution is 0.100. The van der Waals surface area contributed by atoms with E-state index in [1.165, 1.54) is 0 Å². The maximum Gasteiger partial charge on any atom is 0.196 e. The van der Waals surface area contributed by atoms with Crippen LogP contribution in [0, 0.1) is 6.92 Å². The van der Waals surface area contributed by atoms with Crippen LogP contribution in [-0.4, -0.2) is 17.4 Å². The third-order valence-corrected chi connectivity index (χ3v) is 4.39. The summed E-state index contributed by atoms with van der Waals surface area (Å²) in [5, 5.41) is 1.36. The van der Waals surface area contributed by atoms with Gasteiger partial charge in [-0.3, -0.25) is 4.79 Å². The molecule has 3 nitrogen and oxygen atoms in total. The summed E-state index contributed by atoms with van der Waals surface area (Å²) in [7, 11) is 0. The average molecular weight is 336 g/mol. The molecule has 3 aromatic rings. The van der Waals surface area contributed by atoms with Gasteiger partial charge in [0.15, 0.2) is 5.78 Å². The van der Waals surface area contributed by atoms with Crippen molar-refractivity contribution in [2.24, 2.45) is 0 Å². The highest BCUT2D eigenvalue weighted by atomic mass is 35.5. The molecule has 2 aromatic carbocycles. The Morgan fingerprint density at radius 2 is 2.00 bits per heavy atom. The first-order chi connectivity index (χ1) is 11.6. The predicted molar refractivity (Wildman–Crippen MR) is 95.7 cm³/mol. The van der Waals surface area contributed by atoms with Crippen LogP contribution in [0.4, 0.5) is 0 Å². The lowest BCUT2D eigenvalue weighted by Gasteiger charge is -2.19. The molecule has 24 heavy (non-hydrogen) atoms. The lowest BCUT2D eigenvalue weighted by atomic mass is 9.97. The van der Waals surface area contributed by atoms with Gasteiger partial charge in [-0.1, -0.05) is 41.4 Å². The average Bonchev–Trinajstić information content (AvgIpc) is 2.58. The standard InChI is InChI=1S/C20H14ClNO2/c1-12-6-7-18-16(8-12)19(23)15(11-24-18)10-14-9-13-4-2-3-5-17(13)22-20(14)21/h2-10H,11H2,1H3/b15-10+. The summed E-state index contributed by atoms with van der Waals surface area (Å²) in [6.07, 6.45) is 1.77. The molecule has 0 saturated carbocycles. The Balaban J connectivity index is 1.79. The SMILES string of the molecule is Cc1ccc2c(c1)C(=O)/C(=C/c1cc3ccccc3nc1Cl)CO2. The fourth-order valence-electron chi connectivity index (χ4n) is 2.85. The van der Waals surface area contributed by atoms with Gasteiger partial charge in [0, 0.05) is 16.5 Å². The molecule has 0 atom stereocenters. The van der Waals surface area contributed by atoms with E-state index in [2.05, 4.69) is 4.98 Å². The smallest absolute Gasteiger partial charge is 0.196 e. The second-order valence-corrected chi connectivity index (χ2v) is 6.21. The molecule has 0 amide bonds. The van der Waals surface area contributed by atoms with Gasteiger partial charge in [0.1, 0.15) is 17.5 Å². The zero-order chi connectivity index (χ0) is 16.7. The largest absolute Gasteiger partial charge is 0.488 e. The van der Waals surface area contributed by atoms with E-state index in [1.807, 2.05) is 55.5 Å². The molecular weight excluding hydrogens is 322 g/mol. The minimum Gasteiger partial charge on any atom is -0.488 e. The van der Waals surface area contributed by atoms with E-state index in [-0.39, 0.29) is 12.4 Å². The van der Waals surface area contributed by atoms with Crippen LogP contribution in [0.1, 0.15) is 21.5 Å². The number of halogens is 1. The van der Waals surface area contributed by atoms with Gasteiger partial charge in [0.05, 0.1) is 11.1 Å². The summed E-state index contributed by atoms with van der Waals surface area (Å²) >= 11 is 6.29. The Morgan fingerprint density at radius 3 is 2.88 bits per heavy atom. The highest BCUT2D eigenvalue weighted by Crippen LogP contribution is 2.30. The van der Waals surface area contributed by atoms with E-state index in [0.717, 1.165) is 22.0 Å². The fourth-order valence-corrected chi connectivity index (χ4v) is 3.05. The van der Waals surface area contributed by atoms with Crippen molar-refractivity contribution < 1.29 is 9.53 Å². The van der Waals surface area contributed by atoms with E-state index in [9.17, 15) is 4.79 Å². The molecule has 4 rings (SSSR count). The number of pyridine rings is 1. The summed E-state index contributed by atoms with van der Waals surface area (Å²) in [6.45, 7) is 2.19. The summed E-state index contributed by atoms with van der Waals surface area (Å²) in [5.74, 6) is 0.606. The maximum atomic E-state index is 12.7. The second kappa shape index (κ2) is 5.77. The van der Waals surface area contributed by atoms with E-state index in [0.29, 0.717) is 22.0 Å². The van der Waals surface area contributed by atoms with Crippen LogP contribution in [0.15, 0.2) is 54.1 Å². The van der Waals surface area contributed by atoms with Gasteiger partial charge in [-0.2, -0.15) is 0 Å². The van der Waals surface area contributed by atoms with Crippen molar-refractivity contribution in [3.8, 4) is 5.75 Å². The molecule has 1 aromatic heterocycles. The number of para-hydroxylation sites is 1.